The van der Waals surface area contributed by atoms with E-state index in [-0.39, 0.29) is 11.7 Å². The predicted octanol–water partition coefficient (Wildman–Crippen LogP) is 11.1. The summed E-state index contributed by atoms with van der Waals surface area (Å²) in [4.78, 5) is 3.91. The van der Waals surface area contributed by atoms with Gasteiger partial charge in [0.25, 0.3) is 0 Å². The Bertz CT molecular complexity index is 1890. The molecule has 4 N–H and O–H groups in total. The van der Waals surface area contributed by atoms with Gasteiger partial charge in [-0.1, -0.05) is 48.5 Å². The van der Waals surface area contributed by atoms with Gasteiger partial charge >= 0.3 is 0 Å². The molecule has 43 heavy (non-hydrogen) atoms. The molecule has 9 heteroatoms. The standard InChI is InChI=1S/C34H28F2N4S3/c1-17(2)29(35)21-9-5-19(6-10-21)23-13-15-25(41-23)27-31(37)32(38)28(34-33(27)39-43-40-34)26-16-14-24(42-26)20-7-11-22(12-8-20)30(36)18(3)4/h5-16H,37-38H2,1-4H3. The topological polar surface area (TPSA) is 77.8 Å². The highest BCUT2D eigenvalue weighted by Gasteiger charge is 2.24. The van der Waals surface area contributed by atoms with Crippen LogP contribution >= 0.6 is 34.4 Å². The molecule has 0 atom stereocenters. The van der Waals surface area contributed by atoms with Crippen LogP contribution in [0.15, 0.2) is 83.9 Å². The van der Waals surface area contributed by atoms with Crippen molar-refractivity contribution in [2.75, 3.05) is 11.5 Å². The van der Waals surface area contributed by atoms with Crippen LogP contribution in [-0.4, -0.2) is 8.75 Å². The molecule has 216 valence electrons. The van der Waals surface area contributed by atoms with Gasteiger partial charge in [-0.05, 0) is 74.2 Å². The number of nitrogen functional groups attached to an aromatic ring is 2. The van der Waals surface area contributed by atoms with Gasteiger partial charge < -0.3 is 11.5 Å². The molecule has 3 aromatic heterocycles. The quantitative estimate of drug-likeness (QED) is 0.180. The van der Waals surface area contributed by atoms with E-state index in [0.29, 0.717) is 44.7 Å². The number of nitrogens with two attached hydrogens (primary N) is 2. The van der Waals surface area contributed by atoms with Gasteiger partial charge in [0.15, 0.2) is 0 Å². The first-order valence-corrected chi connectivity index (χ1v) is 15.9. The first-order chi connectivity index (χ1) is 20.6. The number of anilines is 2. The fraction of sp³-hybridized carbons (Fsp3) is 0.118. The van der Waals surface area contributed by atoms with Crippen LogP contribution in [0.5, 0.6) is 0 Å². The van der Waals surface area contributed by atoms with Crippen molar-refractivity contribution in [3.05, 3.63) is 95.1 Å². The Hall–Kier alpha value is -4.18. The fourth-order valence-corrected chi connectivity index (χ4v) is 7.64. The second-order valence-electron chi connectivity index (χ2n) is 10.6. The summed E-state index contributed by atoms with van der Waals surface area (Å²) in [6.07, 6.45) is 0. The van der Waals surface area contributed by atoms with E-state index in [4.69, 9.17) is 11.5 Å². The largest absolute Gasteiger partial charge is 0.396 e. The van der Waals surface area contributed by atoms with Crippen molar-refractivity contribution in [2.45, 2.75) is 27.7 Å². The molecule has 0 amide bonds. The van der Waals surface area contributed by atoms with Crippen LogP contribution in [0.25, 0.3) is 64.4 Å². The minimum atomic E-state index is -0.203. The molecule has 0 bridgehead atoms. The van der Waals surface area contributed by atoms with Crippen LogP contribution in [0.2, 0.25) is 0 Å². The SMILES string of the molecule is CC(C)=C(F)c1ccc(-c2ccc(-c3c(N)c(N)c(-c4ccc(-c5ccc(C(F)=C(C)C)cc5)s4)c4nsnc34)s2)cc1. The van der Waals surface area contributed by atoms with Crippen molar-refractivity contribution in [2.24, 2.45) is 0 Å². The summed E-state index contributed by atoms with van der Waals surface area (Å²) in [6.45, 7) is 7.04. The number of hydrogen-bond acceptors (Lipinski definition) is 7. The number of hydrogen-bond donors (Lipinski definition) is 2. The molecule has 6 rings (SSSR count). The Morgan fingerprint density at radius 3 is 1.23 bits per heavy atom. The number of rotatable bonds is 6. The average Bonchev–Trinajstić information content (AvgIpc) is 3.79. The minimum absolute atomic E-state index is 0.203. The number of halogens is 2. The Morgan fingerprint density at radius 1 is 0.535 bits per heavy atom. The summed E-state index contributed by atoms with van der Waals surface area (Å²) in [5, 5.41) is 0. The van der Waals surface area contributed by atoms with E-state index in [0.717, 1.165) is 53.5 Å². The van der Waals surface area contributed by atoms with Gasteiger partial charge in [0, 0.05) is 41.8 Å². The molecule has 0 aliphatic carbocycles. The maximum atomic E-state index is 14.4. The monoisotopic (exact) mass is 626 g/mol. The highest BCUT2D eigenvalue weighted by Crippen LogP contribution is 2.49. The van der Waals surface area contributed by atoms with Gasteiger partial charge in [0.2, 0.25) is 0 Å². The maximum absolute atomic E-state index is 14.4. The molecule has 0 aliphatic heterocycles. The van der Waals surface area contributed by atoms with Crippen molar-refractivity contribution in [1.29, 1.82) is 0 Å². The van der Waals surface area contributed by atoms with Crippen LogP contribution in [0.4, 0.5) is 20.2 Å². The number of nitrogens with zero attached hydrogens (tertiary/aromatic N) is 2. The Labute approximate surface area is 261 Å². The second-order valence-corrected chi connectivity index (χ2v) is 13.3. The summed E-state index contributed by atoms with van der Waals surface area (Å²) in [6, 6.07) is 23.0. The lowest BCUT2D eigenvalue weighted by molar-refractivity contribution is 0.749. The molecule has 6 aromatic rings. The van der Waals surface area contributed by atoms with E-state index in [1.54, 1.807) is 74.6 Å². The lowest BCUT2D eigenvalue weighted by Crippen LogP contribution is -2.00. The number of fused-ring (bicyclic) bond motifs is 1. The third kappa shape index (κ3) is 5.29. The van der Waals surface area contributed by atoms with E-state index >= 15 is 0 Å². The molecule has 0 radical (unpaired) electrons. The van der Waals surface area contributed by atoms with Crippen molar-refractivity contribution >= 4 is 68.5 Å². The fourth-order valence-electron chi connectivity index (χ4n) is 4.93. The molecule has 4 nitrogen and oxygen atoms in total. The molecule has 0 unspecified atom stereocenters. The van der Waals surface area contributed by atoms with E-state index < -0.39 is 0 Å². The lowest BCUT2D eigenvalue weighted by Gasteiger charge is -2.12. The number of thiophene rings is 2. The van der Waals surface area contributed by atoms with Gasteiger partial charge in [-0.25, -0.2) is 8.78 Å². The molecule has 3 aromatic carbocycles. The van der Waals surface area contributed by atoms with Crippen molar-refractivity contribution in [3.8, 4) is 41.8 Å². The number of benzene rings is 3. The molecule has 0 spiro atoms. The predicted molar refractivity (Wildman–Crippen MR) is 182 cm³/mol. The second kappa shape index (κ2) is 11.5. The highest BCUT2D eigenvalue weighted by atomic mass is 32.1. The van der Waals surface area contributed by atoms with Crippen molar-refractivity contribution in [3.63, 3.8) is 0 Å². The van der Waals surface area contributed by atoms with E-state index in [1.165, 1.54) is 0 Å². The van der Waals surface area contributed by atoms with Gasteiger partial charge in [-0.15, -0.1) is 22.7 Å². The molecule has 0 saturated carbocycles. The van der Waals surface area contributed by atoms with Gasteiger partial charge in [0.05, 0.1) is 23.1 Å². The summed E-state index contributed by atoms with van der Waals surface area (Å²) in [5.41, 5.74) is 21.7. The summed E-state index contributed by atoms with van der Waals surface area (Å²) in [5.74, 6) is -0.406. The Morgan fingerprint density at radius 2 is 0.884 bits per heavy atom. The van der Waals surface area contributed by atoms with Crippen molar-refractivity contribution in [1.82, 2.24) is 8.75 Å². The third-order valence-corrected chi connectivity index (χ3v) is 10.1. The number of aromatic nitrogens is 2. The zero-order valence-electron chi connectivity index (χ0n) is 24.0. The normalized spacial score (nSPS) is 11.2. The maximum Gasteiger partial charge on any atom is 0.129 e. The zero-order valence-corrected chi connectivity index (χ0v) is 26.4. The first-order valence-electron chi connectivity index (χ1n) is 13.5. The van der Waals surface area contributed by atoms with E-state index in [9.17, 15) is 8.78 Å². The van der Waals surface area contributed by atoms with E-state index in [2.05, 4.69) is 8.75 Å². The lowest BCUT2D eigenvalue weighted by atomic mass is 10.0. The summed E-state index contributed by atoms with van der Waals surface area (Å²) >= 11 is 4.28. The van der Waals surface area contributed by atoms with Crippen LogP contribution in [0.3, 0.4) is 0 Å². The summed E-state index contributed by atoms with van der Waals surface area (Å²) in [7, 11) is 0. The third-order valence-electron chi connectivity index (χ3n) is 7.22. The Kier molecular flexibility index (Phi) is 7.72. The minimum Gasteiger partial charge on any atom is -0.396 e. The number of allylic oxidation sites excluding steroid dienone is 2. The molecular weight excluding hydrogens is 599 g/mol. The molecular formula is C34H28F2N4S3. The van der Waals surface area contributed by atoms with E-state index in [1.807, 2.05) is 48.5 Å². The van der Waals surface area contributed by atoms with Crippen LogP contribution in [0, 0.1) is 0 Å². The molecule has 0 aliphatic rings. The molecule has 0 fully saturated rings. The highest BCUT2D eigenvalue weighted by molar-refractivity contribution is 7.19. The van der Waals surface area contributed by atoms with Crippen LogP contribution in [-0.2, 0) is 0 Å². The molecule has 0 saturated heterocycles. The Balaban J connectivity index is 1.36. The van der Waals surface area contributed by atoms with Gasteiger partial charge in [-0.2, -0.15) is 8.75 Å². The smallest absolute Gasteiger partial charge is 0.129 e. The average molecular weight is 627 g/mol. The summed E-state index contributed by atoms with van der Waals surface area (Å²) < 4.78 is 38.0. The van der Waals surface area contributed by atoms with Crippen molar-refractivity contribution < 1.29 is 8.78 Å². The van der Waals surface area contributed by atoms with Crippen LogP contribution < -0.4 is 11.5 Å². The molecule has 3 heterocycles. The van der Waals surface area contributed by atoms with Gasteiger partial charge in [-0.3, -0.25) is 0 Å². The zero-order chi connectivity index (χ0) is 30.4. The van der Waals surface area contributed by atoms with Gasteiger partial charge in [0.1, 0.15) is 22.7 Å². The van der Waals surface area contributed by atoms with Crippen LogP contribution in [0.1, 0.15) is 38.8 Å². The first kappa shape index (κ1) is 28.9.